The van der Waals surface area contributed by atoms with Crippen LogP contribution < -0.4 is 0 Å². The molecule has 3 rings (SSSR count). The van der Waals surface area contributed by atoms with E-state index in [1.807, 2.05) is 0 Å². The summed E-state index contributed by atoms with van der Waals surface area (Å²) in [5.74, 6) is 0. The Kier molecular flexibility index (Phi) is 3.26. The Morgan fingerprint density at radius 3 is 2.61 bits per heavy atom. The molecule has 0 spiro atoms. The highest BCUT2D eigenvalue weighted by Crippen LogP contribution is 2.32. The van der Waals surface area contributed by atoms with Gasteiger partial charge in [-0.15, -0.1) is 0 Å². The van der Waals surface area contributed by atoms with Crippen molar-refractivity contribution in [3.05, 3.63) is 42.0 Å². The van der Waals surface area contributed by atoms with E-state index in [-0.39, 0.29) is 20.7 Å². The summed E-state index contributed by atoms with van der Waals surface area (Å²) >= 11 is 1.68. The van der Waals surface area contributed by atoms with Gasteiger partial charge in [0.1, 0.15) is 5.58 Å². The van der Waals surface area contributed by atoms with E-state index in [2.05, 4.69) is 51.2 Å². The molecule has 0 aliphatic rings. The Morgan fingerprint density at radius 2 is 1.83 bits per heavy atom. The van der Waals surface area contributed by atoms with Gasteiger partial charge in [0, 0.05) is 16.8 Å². The number of benzene rings is 2. The summed E-state index contributed by atoms with van der Waals surface area (Å²) in [6, 6.07) is 12.6. The van der Waals surface area contributed by atoms with Crippen molar-refractivity contribution < 1.29 is 4.42 Å². The standard InChI is InChI=1S/C15H12IOS/c1-10-5-3-6-11-12-7-4-8-13(18-9-16-2)15(12)17-14(10)11/h3-9H,2H2,1H3/q+1. The summed E-state index contributed by atoms with van der Waals surface area (Å²) < 4.78 is 12.2. The van der Waals surface area contributed by atoms with Crippen molar-refractivity contribution in [3.63, 3.8) is 0 Å². The normalized spacial score (nSPS) is 11.8. The van der Waals surface area contributed by atoms with Gasteiger partial charge in [0.2, 0.25) is 14.7 Å². The van der Waals surface area contributed by atoms with Gasteiger partial charge in [-0.05, 0) is 33.2 Å². The number of hydrogen-bond acceptors (Lipinski definition) is 1. The monoisotopic (exact) mass is 367 g/mol. The van der Waals surface area contributed by atoms with Crippen LogP contribution in [0.3, 0.4) is 0 Å². The van der Waals surface area contributed by atoms with E-state index >= 15 is 0 Å². The first kappa shape index (κ1) is 12.0. The minimum atomic E-state index is -0.0594. The number of furan rings is 1. The largest absolute Gasteiger partial charge is 0.450 e. The third kappa shape index (κ3) is 1.91. The van der Waals surface area contributed by atoms with E-state index in [9.17, 15) is 0 Å². The topological polar surface area (TPSA) is 13.1 Å². The quantitative estimate of drug-likeness (QED) is 0.281. The Hall–Kier alpha value is -1.07. The summed E-state index contributed by atoms with van der Waals surface area (Å²) in [5.41, 5.74) is 3.19. The van der Waals surface area contributed by atoms with Crippen LogP contribution in [0, 0.1) is 6.92 Å². The number of aryl methyl sites for hydroxylation is 1. The molecule has 0 bridgehead atoms. The molecule has 0 saturated heterocycles. The first-order valence-electron chi connectivity index (χ1n) is 5.57. The van der Waals surface area contributed by atoms with Crippen LogP contribution in [0.1, 0.15) is 5.56 Å². The summed E-state index contributed by atoms with van der Waals surface area (Å²) in [4.78, 5) is 1.19. The molecule has 1 heterocycles. The molecule has 0 atom stereocenters. The van der Waals surface area contributed by atoms with Gasteiger partial charge in [-0.1, -0.05) is 34.8 Å². The number of hydrogen-bond donors (Lipinski definition) is 0. The second kappa shape index (κ2) is 4.90. The summed E-state index contributed by atoms with van der Waals surface area (Å²) in [7, 11) is 0. The lowest BCUT2D eigenvalue weighted by atomic mass is 10.1. The molecule has 3 heteroatoms. The Morgan fingerprint density at radius 1 is 1.11 bits per heavy atom. The van der Waals surface area contributed by atoms with Crippen molar-refractivity contribution in [1.82, 2.24) is 0 Å². The molecular weight excluding hydrogens is 355 g/mol. The molecule has 1 nitrogen and oxygen atoms in total. The third-order valence-corrected chi connectivity index (χ3v) is 5.55. The molecule has 90 valence electrons. The van der Waals surface area contributed by atoms with Crippen LogP contribution in [-0.4, -0.2) is 7.89 Å². The van der Waals surface area contributed by atoms with Crippen LogP contribution in [0.2, 0.25) is 0 Å². The van der Waals surface area contributed by atoms with Crippen molar-refractivity contribution >= 4 is 61.9 Å². The molecule has 2 aromatic carbocycles. The van der Waals surface area contributed by atoms with Crippen molar-refractivity contribution in [2.75, 3.05) is 0 Å². The number of fused-ring (bicyclic) bond motifs is 3. The zero-order chi connectivity index (χ0) is 12.5. The molecule has 0 fully saturated rings. The average molecular weight is 367 g/mol. The first-order chi connectivity index (χ1) is 8.81. The van der Waals surface area contributed by atoms with E-state index in [0.29, 0.717) is 0 Å². The zero-order valence-electron chi connectivity index (χ0n) is 9.94. The molecule has 1 aromatic heterocycles. The summed E-state index contributed by atoms with van der Waals surface area (Å²) in [6.45, 7) is 2.09. The van der Waals surface area contributed by atoms with Crippen molar-refractivity contribution in [2.45, 2.75) is 11.8 Å². The maximum atomic E-state index is 6.06. The molecule has 0 saturated carbocycles. The fourth-order valence-electron chi connectivity index (χ4n) is 2.11. The van der Waals surface area contributed by atoms with Crippen molar-refractivity contribution in [2.24, 2.45) is 0 Å². The first-order valence-corrected chi connectivity index (χ1v) is 9.22. The molecule has 3 aromatic rings. The van der Waals surface area contributed by atoms with Gasteiger partial charge >= 0.3 is 0 Å². The van der Waals surface area contributed by atoms with Gasteiger partial charge < -0.3 is 4.42 Å². The van der Waals surface area contributed by atoms with Gasteiger partial charge in [-0.25, -0.2) is 0 Å². The van der Waals surface area contributed by atoms with Crippen molar-refractivity contribution in [1.29, 1.82) is 0 Å². The van der Waals surface area contributed by atoms with Gasteiger partial charge in [-0.2, -0.15) is 0 Å². The van der Waals surface area contributed by atoms with Gasteiger partial charge in [0.15, 0.2) is 5.58 Å². The SMILES string of the molecule is C=IC=[S+]c1cccc2c1oc1c(C)cccc12. The fourth-order valence-corrected chi connectivity index (χ4v) is 4.04. The maximum Gasteiger partial charge on any atom is 0.274 e. The Bertz CT molecular complexity index is 771. The lowest BCUT2D eigenvalue weighted by Crippen LogP contribution is -1.75. The van der Waals surface area contributed by atoms with E-state index in [1.54, 1.807) is 11.4 Å². The fraction of sp³-hybridized carbons (Fsp3) is 0.0667. The number of para-hydroxylation sites is 2. The predicted molar refractivity (Wildman–Crippen MR) is 91.3 cm³/mol. The van der Waals surface area contributed by atoms with Crippen LogP contribution in [0.4, 0.5) is 0 Å². The molecule has 0 N–H and O–H groups in total. The molecule has 0 amide bonds. The van der Waals surface area contributed by atoms with Gasteiger partial charge in [0.25, 0.3) is 4.90 Å². The smallest absolute Gasteiger partial charge is 0.274 e. The van der Waals surface area contributed by atoms with E-state index in [0.717, 1.165) is 11.2 Å². The van der Waals surface area contributed by atoms with E-state index in [4.69, 9.17) is 4.42 Å². The predicted octanol–water partition coefficient (Wildman–Crippen LogP) is 4.50. The van der Waals surface area contributed by atoms with Crippen LogP contribution in [0.5, 0.6) is 0 Å². The van der Waals surface area contributed by atoms with Crippen LogP contribution in [0.25, 0.3) is 21.9 Å². The Labute approximate surface area is 120 Å². The van der Waals surface area contributed by atoms with Crippen LogP contribution in [0.15, 0.2) is 45.7 Å². The molecule has 0 unspecified atom stereocenters. The highest BCUT2D eigenvalue weighted by Gasteiger charge is 2.16. The average Bonchev–Trinajstić information content (AvgIpc) is 2.77. The maximum absolute atomic E-state index is 6.06. The molecular formula is C15H12IOS+. The lowest BCUT2D eigenvalue weighted by Gasteiger charge is -1.91. The molecule has 0 aliphatic carbocycles. The Balaban J connectivity index is 2.42. The highest BCUT2D eigenvalue weighted by atomic mass is 127. The minimum absolute atomic E-state index is 0.0594. The minimum Gasteiger partial charge on any atom is -0.450 e. The van der Waals surface area contributed by atoms with Crippen molar-refractivity contribution in [3.8, 4) is 0 Å². The molecule has 18 heavy (non-hydrogen) atoms. The van der Waals surface area contributed by atoms with Gasteiger partial charge in [0.05, 0.1) is 0 Å². The third-order valence-electron chi connectivity index (χ3n) is 2.92. The highest BCUT2D eigenvalue weighted by molar-refractivity contribution is 14.2. The molecule has 0 radical (unpaired) electrons. The van der Waals surface area contributed by atoms with E-state index in [1.165, 1.54) is 21.2 Å². The van der Waals surface area contributed by atoms with Crippen LogP contribution in [-0.2, 0) is 11.4 Å². The number of rotatable bonds is 2. The summed E-state index contributed by atoms with van der Waals surface area (Å²) in [6.07, 6.45) is 0. The van der Waals surface area contributed by atoms with Crippen LogP contribution >= 0.6 is 20.7 Å². The number of halogens is 1. The van der Waals surface area contributed by atoms with Gasteiger partial charge in [-0.3, -0.25) is 0 Å². The second-order valence-corrected chi connectivity index (χ2v) is 7.31. The van der Waals surface area contributed by atoms with E-state index < -0.39 is 0 Å². The summed E-state index contributed by atoms with van der Waals surface area (Å²) in [5, 5.41) is 2.41. The zero-order valence-corrected chi connectivity index (χ0v) is 12.9. The lowest BCUT2D eigenvalue weighted by molar-refractivity contribution is 0.657. The molecule has 0 aliphatic heterocycles. The second-order valence-electron chi connectivity index (χ2n) is 4.05.